The lowest BCUT2D eigenvalue weighted by Crippen LogP contribution is -2.49. The maximum atomic E-state index is 12.4. The molecule has 1 aliphatic rings. The van der Waals surface area contributed by atoms with Crippen LogP contribution in [0.1, 0.15) is 38.3 Å². The van der Waals surface area contributed by atoms with Crippen molar-refractivity contribution in [2.75, 3.05) is 13.1 Å². The number of benzene rings is 1. The summed E-state index contributed by atoms with van der Waals surface area (Å²) in [6.45, 7) is 5.80. The number of hydrogen-bond donors (Lipinski definition) is 2. The first kappa shape index (κ1) is 14.4. The Hall–Kier alpha value is -1.06. The van der Waals surface area contributed by atoms with Crippen molar-refractivity contribution in [1.29, 1.82) is 0 Å². The van der Waals surface area contributed by atoms with E-state index in [1.807, 2.05) is 38.1 Å². The van der Waals surface area contributed by atoms with Crippen molar-refractivity contribution in [3.8, 4) is 0 Å². The predicted octanol–water partition coefficient (Wildman–Crippen LogP) is 2.91. The highest BCUT2D eigenvalue weighted by Crippen LogP contribution is 2.27. The van der Waals surface area contributed by atoms with Crippen LogP contribution in [0.5, 0.6) is 0 Å². The van der Waals surface area contributed by atoms with Gasteiger partial charge in [-0.2, -0.15) is 0 Å². The van der Waals surface area contributed by atoms with Crippen molar-refractivity contribution >= 4 is 17.5 Å². The Labute approximate surface area is 119 Å². The minimum Gasteiger partial charge on any atom is -0.349 e. The molecule has 1 aromatic carbocycles. The van der Waals surface area contributed by atoms with Gasteiger partial charge >= 0.3 is 0 Å². The molecule has 3 nitrogen and oxygen atoms in total. The summed E-state index contributed by atoms with van der Waals surface area (Å²) in [7, 11) is 0. The third kappa shape index (κ3) is 3.48. The van der Waals surface area contributed by atoms with Crippen LogP contribution in [-0.2, 0) is 4.79 Å². The van der Waals surface area contributed by atoms with Crippen LogP contribution < -0.4 is 10.6 Å². The number of carbonyl (C=O) groups excluding carboxylic acids is 1. The van der Waals surface area contributed by atoms with E-state index in [0.717, 1.165) is 31.5 Å². The SMILES string of the molecule is C[C@H](NC(=O)C1(C)CCCNC1)c1ccc(Cl)cc1. The van der Waals surface area contributed by atoms with Gasteiger partial charge in [0.1, 0.15) is 0 Å². The molecule has 104 valence electrons. The minimum absolute atomic E-state index is 0.00326. The van der Waals surface area contributed by atoms with Crippen molar-refractivity contribution in [3.05, 3.63) is 34.9 Å². The number of nitrogens with one attached hydrogen (secondary N) is 2. The second-order valence-corrected chi connectivity index (χ2v) is 6.02. The second kappa shape index (κ2) is 5.93. The lowest BCUT2D eigenvalue weighted by atomic mass is 9.81. The topological polar surface area (TPSA) is 41.1 Å². The molecule has 0 saturated carbocycles. The fraction of sp³-hybridized carbons (Fsp3) is 0.533. The molecule has 0 aromatic heterocycles. The highest BCUT2D eigenvalue weighted by atomic mass is 35.5. The van der Waals surface area contributed by atoms with Gasteiger partial charge in [-0.05, 0) is 50.9 Å². The molecule has 1 unspecified atom stereocenters. The first-order valence-corrected chi connectivity index (χ1v) is 7.16. The van der Waals surface area contributed by atoms with Gasteiger partial charge in [0.05, 0.1) is 11.5 Å². The molecule has 0 bridgehead atoms. The first-order valence-electron chi connectivity index (χ1n) is 6.78. The van der Waals surface area contributed by atoms with Gasteiger partial charge in [0.15, 0.2) is 0 Å². The average Bonchev–Trinajstić information content (AvgIpc) is 2.40. The van der Waals surface area contributed by atoms with Crippen molar-refractivity contribution in [1.82, 2.24) is 10.6 Å². The molecule has 4 heteroatoms. The maximum absolute atomic E-state index is 12.4. The lowest BCUT2D eigenvalue weighted by Gasteiger charge is -2.33. The van der Waals surface area contributed by atoms with Gasteiger partial charge in [-0.25, -0.2) is 0 Å². The van der Waals surface area contributed by atoms with Crippen molar-refractivity contribution in [2.45, 2.75) is 32.7 Å². The molecule has 19 heavy (non-hydrogen) atoms. The quantitative estimate of drug-likeness (QED) is 0.894. The van der Waals surface area contributed by atoms with Crippen molar-refractivity contribution < 1.29 is 4.79 Å². The smallest absolute Gasteiger partial charge is 0.227 e. The van der Waals surface area contributed by atoms with Gasteiger partial charge in [0, 0.05) is 11.6 Å². The molecule has 1 saturated heterocycles. The molecule has 1 aliphatic heterocycles. The average molecular weight is 281 g/mol. The third-order valence-corrected chi connectivity index (χ3v) is 4.12. The fourth-order valence-electron chi connectivity index (χ4n) is 2.46. The zero-order valence-corrected chi connectivity index (χ0v) is 12.3. The van der Waals surface area contributed by atoms with E-state index in [1.54, 1.807) is 0 Å². The molecule has 2 N–H and O–H groups in total. The molecule has 1 aromatic rings. The van der Waals surface area contributed by atoms with Crippen LogP contribution >= 0.6 is 11.6 Å². The molecule has 2 atom stereocenters. The van der Waals surface area contributed by atoms with Gasteiger partial charge in [0.25, 0.3) is 0 Å². The van der Waals surface area contributed by atoms with E-state index in [1.165, 1.54) is 0 Å². The fourth-order valence-corrected chi connectivity index (χ4v) is 2.58. The van der Waals surface area contributed by atoms with E-state index >= 15 is 0 Å². The largest absolute Gasteiger partial charge is 0.349 e. The van der Waals surface area contributed by atoms with Crippen LogP contribution in [0.2, 0.25) is 5.02 Å². The Balaban J connectivity index is 2.00. The number of hydrogen-bond acceptors (Lipinski definition) is 2. The number of amides is 1. The van der Waals surface area contributed by atoms with E-state index < -0.39 is 0 Å². The molecule has 0 radical (unpaired) electrons. The Morgan fingerprint density at radius 1 is 1.42 bits per heavy atom. The van der Waals surface area contributed by atoms with E-state index in [9.17, 15) is 4.79 Å². The van der Waals surface area contributed by atoms with Gasteiger partial charge in [-0.3, -0.25) is 4.79 Å². The first-order chi connectivity index (χ1) is 9.01. The van der Waals surface area contributed by atoms with Crippen molar-refractivity contribution in [3.63, 3.8) is 0 Å². The summed E-state index contributed by atoms with van der Waals surface area (Å²) >= 11 is 5.87. The Morgan fingerprint density at radius 3 is 2.68 bits per heavy atom. The van der Waals surface area contributed by atoms with Gasteiger partial charge in [0.2, 0.25) is 5.91 Å². The summed E-state index contributed by atoms with van der Waals surface area (Å²) in [6.07, 6.45) is 2.00. The van der Waals surface area contributed by atoms with Crippen LogP contribution in [0.15, 0.2) is 24.3 Å². The van der Waals surface area contributed by atoms with E-state index in [-0.39, 0.29) is 17.4 Å². The number of rotatable bonds is 3. The highest BCUT2D eigenvalue weighted by Gasteiger charge is 2.35. The number of halogens is 1. The Morgan fingerprint density at radius 2 is 2.11 bits per heavy atom. The molecule has 0 aliphatic carbocycles. The molecule has 1 fully saturated rings. The van der Waals surface area contributed by atoms with Gasteiger partial charge in [-0.15, -0.1) is 0 Å². The molecule has 1 amide bonds. The summed E-state index contributed by atoms with van der Waals surface area (Å²) in [6, 6.07) is 7.61. The van der Waals surface area contributed by atoms with Crippen molar-refractivity contribution in [2.24, 2.45) is 5.41 Å². The molecular weight excluding hydrogens is 260 g/mol. The highest BCUT2D eigenvalue weighted by molar-refractivity contribution is 6.30. The molecule has 0 spiro atoms. The summed E-state index contributed by atoms with van der Waals surface area (Å²) in [5, 5.41) is 7.12. The monoisotopic (exact) mass is 280 g/mol. The van der Waals surface area contributed by atoms with E-state index in [0.29, 0.717) is 5.02 Å². The molecule has 2 rings (SSSR count). The Kier molecular flexibility index (Phi) is 4.48. The standard InChI is InChI=1S/C15H21ClN2O/c1-11(12-4-6-13(16)7-5-12)18-14(19)15(2)8-3-9-17-10-15/h4-7,11,17H,3,8-10H2,1-2H3,(H,18,19)/t11-,15?/m0/s1. The zero-order chi connectivity index (χ0) is 13.9. The minimum atomic E-state index is -0.293. The number of piperidine rings is 1. The van der Waals surface area contributed by atoms with Gasteiger partial charge < -0.3 is 10.6 Å². The second-order valence-electron chi connectivity index (χ2n) is 5.59. The zero-order valence-electron chi connectivity index (χ0n) is 11.5. The maximum Gasteiger partial charge on any atom is 0.227 e. The number of carbonyl (C=O) groups is 1. The molecule has 1 heterocycles. The van der Waals surface area contributed by atoms with E-state index in [2.05, 4.69) is 10.6 Å². The van der Waals surface area contributed by atoms with Crippen LogP contribution in [0.25, 0.3) is 0 Å². The van der Waals surface area contributed by atoms with Crippen LogP contribution in [-0.4, -0.2) is 19.0 Å². The predicted molar refractivity (Wildman–Crippen MR) is 78.2 cm³/mol. The summed E-state index contributed by atoms with van der Waals surface area (Å²) in [4.78, 5) is 12.4. The van der Waals surface area contributed by atoms with Crippen LogP contribution in [0.4, 0.5) is 0 Å². The lowest BCUT2D eigenvalue weighted by molar-refractivity contribution is -0.131. The van der Waals surface area contributed by atoms with Crippen LogP contribution in [0, 0.1) is 5.41 Å². The normalized spacial score (nSPS) is 24.8. The summed E-state index contributed by atoms with van der Waals surface area (Å²) in [5.74, 6) is 0.127. The third-order valence-electron chi connectivity index (χ3n) is 3.86. The molecular formula is C15H21ClN2O. The summed E-state index contributed by atoms with van der Waals surface area (Å²) < 4.78 is 0. The van der Waals surface area contributed by atoms with E-state index in [4.69, 9.17) is 11.6 Å². The summed E-state index contributed by atoms with van der Waals surface area (Å²) in [5.41, 5.74) is 0.781. The van der Waals surface area contributed by atoms with Gasteiger partial charge in [-0.1, -0.05) is 23.7 Å². The van der Waals surface area contributed by atoms with Crippen LogP contribution in [0.3, 0.4) is 0 Å². The Bertz CT molecular complexity index is 438.